The van der Waals surface area contributed by atoms with Gasteiger partial charge in [0, 0.05) is 11.1 Å². The van der Waals surface area contributed by atoms with Crippen molar-refractivity contribution in [2.24, 2.45) is 0 Å². The Morgan fingerprint density at radius 2 is 2.17 bits per heavy atom. The van der Waals surface area contributed by atoms with E-state index < -0.39 is 10.7 Å². The predicted molar refractivity (Wildman–Crippen MR) is 89.0 cm³/mol. The van der Waals surface area contributed by atoms with Gasteiger partial charge in [-0.1, -0.05) is 18.7 Å². The molecule has 0 radical (unpaired) electrons. The largest absolute Gasteiger partial charge is 0.453 e. The highest BCUT2D eigenvalue weighted by Crippen LogP contribution is 2.39. The molecule has 1 N–H and O–H groups in total. The Morgan fingerprint density at radius 1 is 1.48 bits per heavy atom. The van der Waals surface area contributed by atoms with Crippen molar-refractivity contribution in [1.29, 1.82) is 5.41 Å². The van der Waals surface area contributed by atoms with Gasteiger partial charge in [0.25, 0.3) is 5.69 Å². The maximum absolute atomic E-state index is 14.1. The predicted octanol–water partition coefficient (Wildman–Crippen LogP) is 5.15. The smallest absolute Gasteiger partial charge is 0.276 e. The minimum absolute atomic E-state index is 0.143. The summed E-state index contributed by atoms with van der Waals surface area (Å²) in [5.74, 6) is -0.685. The molecule has 5 nitrogen and oxygen atoms in total. The third kappa shape index (κ3) is 3.45. The van der Waals surface area contributed by atoms with E-state index in [1.807, 2.05) is 0 Å². The molecule has 0 aromatic heterocycles. The monoisotopic (exact) mass is 378 g/mol. The number of benzene rings is 2. The fourth-order valence-corrected chi connectivity index (χ4v) is 2.40. The molecule has 7 heteroatoms. The molecular weight excluding hydrogens is 367 g/mol. The van der Waals surface area contributed by atoms with Gasteiger partial charge < -0.3 is 10.1 Å². The van der Waals surface area contributed by atoms with Crippen molar-refractivity contribution in [3.63, 3.8) is 0 Å². The van der Waals surface area contributed by atoms with Gasteiger partial charge in [-0.15, -0.1) is 0 Å². The van der Waals surface area contributed by atoms with Gasteiger partial charge in [0.2, 0.25) is 0 Å². The van der Waals surface area contributed by atoms with Crippen LogP contribution in [0.25, 0.3) is 0 Å². The van der Waals surface area contributed by atoms with Crippen LogP contribution in [-0.4, -0.2) is 10.6 Å². The van der Waals surface area contributed by atoms with Crippen molar-refractivity contribution in [3.05, 3.63) is 74.5 Å². The lowest BCUT2D eigenvalue weighted by molar-refractivity contribution is -0.385. The van der Waals surface area contributed by atoms with E-state index in [1.165, 1.54) is 13.0 Å². The SMILES string of the molecule is C=CC(=N)c1cccc(Oc2c(F)cc([N+](=O)[O-])c(C)c2Br)c1. The Kier molecular flexibility index (Phi) is 4.90. The lowest BCUT2D eigenvalue weighted by Gasteiger charge is -2.12. The highest BCUT2D eigenvalue weighted by molar-refractivity contribution is 9.10. The summed E-state index contributed by atoms with van der Waals surface area (Å²) in [5, 5.41) is 18.6. The first-order valence-corrected chi connectivity index (χ1v) is 7.26. The molecule has 0 fully saturated rings. The van der Waals surface area contributed by atoms with E-state index in [-0.39, 0.29) is 27.2 Å². The maximum atomic E-state index is 14.1. The average molecular weight is 379 g/mol. The third-order valence-electron chi connectivity index (χ3n) is 3.16. The van der Waals surface area contributed by atoms with Crippen LogP contribution in [0.1, 0.15) is 11.1 Å². The fourth-order valence-electron chi connectivity index (χ4n) is 1.93. The molecule has 0 aliphatic heterocycles. The summed E-state index contributed by atoms with van der Waals surface area (Å²) >= 11 is 3.14. The molecule has 0 saturated heterocycles. The van der Waals surface area contributed by atoms with Crippen molar-refractivity contribution in [2.45, 2.75) is 6.92 Å². The quantitative estimate of drug-likeness (QED) is 0.443. The van der Waals surface area contributed by atoms with Gasteiger partial charge in [-0.3, -0.25) is 10.1 Å². The second kappa shape index (κ2) is 6.70. The molecule has 0 bridgehead atoms. The van der Waals surface area contributed by atoms with E-state index in [2.05, 4.69) is 22.5 Å². The van der Waals surface area contributed by atoms with E-state index >= 15 is 0 Å². The highest BCUT2D eigenvalue weighted by Gasteiger charge is 2.22. The molecule has 0 spiro atoms. The van der Waals surface area contributed by atoms with E-state index in [0.717, 1.165) is 6.07 Å². The number of ether oxygens (including phenoxy) is 1. The second-order valence-electron chi connectivity index (χ2n) is 4.65. The molecule has 2 aromatic rings. The fraction of sp³-hybridized carbons (Fsp3) is 0.0625. The first-order chi connectivity index (χ1) is 10.8. The van der Waals surface area contributed by atoms with Crippen LogP contribution in [0.4, 0.5) is 10.1 Å². The Balaban J connectivity index is 2.45. The van der Waals surface area contributed by atoms with Gasteiger partial charge >= 0.3 is 0 Å². The maximum Gasteiger partial charge on any atom is 0.276 e. The van der Waals surface area contributed by atoms with Crippen molar-refractivity contribution in [3.8, 4) is 11.5 Å². The van der Waals surface area contributed by atoms with E-state index in [0.29, 0.717) is 11.3 Å². The van der Waals surface area contributed by atoms with Crippen LogP contribution in [0.2, 0.25) is 0 Å². The summed E-state index contributed by atoms with van der Waals surface area (Å²) in [6.45, 7) is 5.02. The van der Waals surface area contributed by atoms with E-state index in [9.17, 15) is 14.5 Å². The standard InChI is InChI=1S/C16H12BrFN2O3/c1-3-13(19)10-5-4-6-11(7-10)23-16-12(18)8-14(20(21)22)9(2)15(16)17/h3-8,19H,1H2,2H3. The number of halogens is 2. The van der Waals surface area contributed by atoms with Crippen LogP contribution in [0, 0.1) is 28.3 Å². The number of rotatable bonds is 5. The van der Waals surface area contributed by atoms with Crippen molar-refractivity contribution < 1.29 is 14.1 Å². The Hall–Kier alpha value is -2.54. The zero-order valence-corrected chi connectivity index (χ0v) is 13.7. The molecule has 118 valence electrons. The number of nitrogens with one attached hydrogen (secondary N) is 1. The lowest BCUT2D eigenvalue weighted by atomic mass is 10.1. The molecule has 0 atom stereocenters. The topological polar surface area (TPSA) is 76.2 Å². The van der Waals surface area contributed by atoms with Gasteiger partial charge in [0.05, 0.1) is 21.2 Å². The molecule has 2 aromatic carbocycles. The highest BCUT2D eigenvalue weighted by atomic mass is 79.9. The normalized spacial score (nSPS) is 10.2. The van der Waals surface area contributed by atoms with Crippen LogP contribution in [0.5, 0.6) is 11.5 Å². The first-order valence-electron chi connectivity index (χ1n) is 6.47. The number of nitro groups is 1. The Morgan fingerprint density at radius 3 is 2.78 bits per heavy atom. The Labute approximate surface area is 140 Å². The van der Waals surface area contributed by atoms with Crippen molar-refractivity contribution in [2.75, 3.05) is 0 Å². The number of hydrogen-bond acceptors (Lipinski definition) is 4. The van der Waals surface area contributed by atoms with Crippen molar-refractivity contribution in [1.82, 2.24) is 0 Å². The molecule has 0 saturated carbocycles. The Bertz CT molecular complexity index is 821. The van der Waals surface area contributed by atoms with Crippen LogP contribution >= 0.6 is 15.9 Å². The van der Waals surface area contributed by atoms with E-state index in [4.69, 9.17) is 10.1 Å². The van der Waals surface area contributed by atoms with Crippen LogP contribution in [0.3, 0.4) is 0 Å². The molecule has 2 rings (SSSR count). The van der Waals surface area contributed by atoms with Crippen LogP contribution in [0.15, 0.2) is 47.5 Å². The minimum atomic E-state index is -0.849. The molecular formula is C16H12BrFN2O3. The summed E-state index contributed by atoms with van der Waals surface area (Å²) in [5.41, 5.74) is 0.702. The van der Waals surface area contributed by atoms with Crippen LogP contribution in [-0.2, 0) is 0 Å². The summed E-state index contributed by atoms with van der Waals surface area (Å²) in [6.07, 6.45) is 1.38. The molecule has 0 heterocycles. The van der Waals surface area contributed by atoms with E-state index in [1.54, 1.807) is 24.3 Å². The average Bonchev–Trinajstić information content (AvgIpc) is 2.54. The summed E-state index contributed by atoms with van der Waals surface area (Å²) < 4.78 is 19.8. The summed E-state index contributed by atoms with van der Waals surface area (Å²) in [6, 6.07) is 7.34. The van der Waals surface area contributed by atoms with Gasteiger partial charge in [0.1, 0.15) is 5.75 Å². The van der Waals surface area contributed by atoms with Crippen molar-refractivity contribution >= 4 is 27.3 Å². The van der Waals surface area contributed by atoms with Gasteiger partial charge in [-0.05, 0) is 41.1 Å². The number of allylic oxidation sites excluding steroid dienone is 1. The lowest BCUT2D eigenvalue weighted by Crippen LogP contribution is -1.99. The number of nitro benzene ring substituents is 1. The zero-order valence-electron chi connectivity index (χ0n) is 12.1. The molecule has 0 unspecified atom stereocenters. The second-order valence-corrected chi connectivity index (χ2v) is 5.44. The van der Waals surface area contributed by atoms with Gasteiger partial charge in [-0.25, -0.2) is 4.39 Å². The zero-order chi connectivity index (χ0) is 17.1. The summed E-state index contributed by atoms with van der Waals surface area (Å²) in [7, 11) is 0. The number of nitrogens with zero attached hydrogens (tertiary/aromatic N) is 1. The molecule has 0 aliphatic carbocycles. The summed E-state index contributed by atoms with van der Waals surface area (Å²) in [4.78, 5) is 10.2. The molecule has 23 heavy (non-hydrogen) atoms. The molecule has 0 amide bonds. The minimum Gasteiger partial charge on any atom is -0.453 e. The first kappa shape index (κ1) is 16.8. The van der Waals surface area contributed by atoms with Crippen LogP contribution < -0.4 is 4.74 Å². The van der Waals surface area contributed by atoms with Gasteiger partial charge in [-0.2, -0.15) is 0 Å². The number of hydrogen-bond donors (Lipinski definition) is 1. The molecule has 0 aliphatic rings. The van der Waals surface area contributed by atoms with Gasteiger partial charge in [0.15, 0.2) is 11.6 Å². The third-order valence-corrected chi connectivity index (χ3v) is 4.11.